The molecule has 1 aromatic rings. The van der Waals surface area contributed by atoms with Crippen LogP contribution in [0.1, 0.15) is 21.5 Å². The molecule has 0 atom stereocenters. The molecule has 0 aliphatic heterocycles. The first-order chi connectivity index (χ1) is 6.88. The SMILES string of the molecule is CNC(=O)c1c(C)cccc1C(F)(F)F. The molecule has 1 N–H and O–H groups in total. The summed E-state index contributed by atoms with van der Waals surface area (Å²) in [6, 6.07) is 3.65. The van der Waals surface area contributed by atoms with Crippen molar-refractivity contribution >= 4 is 5.91 Å². The van der Waals surface area contributed by atoms with Gasteiger partial charge in [-0.05, 0) is 18.6 Å². The molecule has 2 nitrogen and oxygen atoms in total. The second-order valence-electron chi connectivity index (χ2n) is 3.07. The molecule has 15 heavy (non-hydrogen) atoms. The van der Waals surface area contributed by atoms with Crippen LogP contribution in [-0.4, -0.2) is 13.0 Å². The Kier molecular flexibility index (Phi) is 3.02. The summed E-state index contributed by atoms with van der Waals surface area (Å²) in [6.07, 6.45) is -4.51. The molecule has 0 bridgehead atoms. The standard InChI is InChI=1S/C10H10F3NO/c1-6-4-3-5-7(10(11,12)13)8(6)9(15)14-2/h3-5H,1-2H3,(H,14,15). The van der Waals surface area contributed by atoms with Gasteiger partial charge in [-0.2, -0.15) is 13.2 Å². The van der Waals surface area contributed by atoms with Crippen LogP contribution in [0, 0.1) is 6.92 Å². The average molecular weight is 217 g/mol. The Morgan fingerprint density at radius 1 is 1.33 bits per heavy atom. The Balaban J connectivity index is 3.40. The maximum atomic E-state index is 12.5. The van der Waals surface area contributed by atoms with Crippen LogP contribution in [0.5, 0.6) is 0 Å². The van der Waals surface area contributed by atoms with E-state index in [1.54, 1.807) is 0 Å². The number of nitrogens with one attached hydrogen (secondary N) is 1. The van der Waals surface area contributed by atoms with Crippen molar-refractivity contribution in [2.24, 2.45) is 0 Å². The largest absolute Gasteiger partial charge is 0.417 e. The summed E-state index contributed by atoms with van der Waals surface area (Å²) in [5, 5.41) is 2.20. The molecule has 1 amide bonds. The average Bonchev–Trinajstić information content (AvgIpc) is 2.15. The number of hydrogen-bond acceptors (Lipinski definition) is 1. The van der Waals surface area contributed by atoms with E-state index in [-0.39, 0.29) is 5.56 Å². The summed E-state index contributed by atoms with van der Waals surface area (Å²) in [5.41, 5.74) is -0.904. The highest BCUT2D eigenvalue weighted by molar-refractivity contribution is 5.97. The maximum absolute atomic E-state index is 12.5. The molecule has 0 fully saturated rings. The van der Waals surface area contributed by atoms with Gasteiger partial charge in [-0.25, -0.2) is 0 Å². The number of carbonyl (C=O) groups is 1. The van der Waals surface area contributed by atoms with Crippen LogP contribution in [0.15, 0.2) is 18.2 Å². The molecular weight excluding hydrogens is 207 g/mol. The smallest absolute Gasteiger partial charge is 0.355 e. The molecule has 0 radical (unpaired) electrons. The molecule has 0 aromatic heterocycles. The van der Waals surface area contributed by atoms with Crippen molar-refractivity contribution in [1.29, 1.82) is 0 Å². The van der Waals surface area contributed by atoms with E-state index in [0.717, 1.165) is 6.07 Å². The number of halogens is 3. The van der Waals surface area contributed by atoms with E-state index in [4.69, 9.17) is 0 Å². The van der Waals surface area contributed by atoms with Crippen molar-refractivity contribution < 1.29 is 18.0 Å². The number of aryl methyl sites for hydroxylation is 1. The fraction of sp³-hybridized carbons (Fsp3) is 0.300. The Bertz CT molecular complexity index is 385. The zero-order chi connectivity index (χ0) is 11.6. The molecule has 1 aromatic carbocycles. The summed E-state index contributed by atoms with van der Waals surface area (Å²) >= 11 is 0. The Morgan fingerprint density at radius 3 is 2.40 bits per heavy atom. The van der Waals surface area contributed by atoms with E-state index in [0.29, 0.717) is 5.56 Å². The van der Waals surface area contributed by atoms with Crippen LogP contribution in [-0.2, 0) is 6.18 Å². The zero-order valence-corrected chi connectivity index (χ0v) is 8.27. The number of rotatable bonds is 1. The summed E-state index contributed by atoms with van der Waals surface area (Å²) in [4.78, 5) is 11.3. The number of alkyl halides is 3. The van der Waals surface area contributed by atoms with E-state index in [1.807, 2.05) is 0 Å². The Morgan fingerprint density at radius 2 is 1.93 bits per heavy atom. The topological polar surface area (TPSA) is 29.1 Å². The summed E-state index contributed by atoms with van der Waals surface area (Å²) in [5.74, 6) is -0.722. The molecule has 82 valence electrons. The lowest BCUT2D eigenvalue weighted by Crippen LogP contribution is -2.23. The molecule has 0 unspecified atom stereocenters. The highest BCUT2D eigenvalue weighted by atomic mass is 19.4. The molecular formula is C10H10F3NO. The van der Waals surface area contributed by atoms with Crippen LogP contribution < -0.4 is 5.32 Å². The monoisotopic (exact) mass is 217 g/mol. The fourth-order valence-corrected chi connectivity index (χ4v) is 1.33. The zero-order valence-electron chi connectivity index (χ0n) is 8.27. The van der Waals surface area contributed by atoms with E-state index >= 15 is 0 Å². The van der Waals surface area contributed by atoms with Gasteiger partial charge in [0.15, 0.2) is 0 Å². The Labute approximate surface area is 85.1 Å². The van der Waals surface area contributed by atoms with Crippen LogP contribution in [0.25, 0.3) is 0 Å². The van der Waals surface area contributed by atoms with E-state index < -0.39 is 17.6 Å². The first-order valence-electron chi connectivity index (χ1n) is 4.27. The number of hydrogen-bond donors (Lipinski definition) is 1. The predicted octanol–water partition coefficient (Wildman–Crippen LogP) is 2.37. The third-order valence-electron chi connectivity index (χ3n) is 2.03. The first-order valence-corrected chi connectivity index (χ1v) is 4.27. The fourth-order valence-electron chi connectivity index (χ4n) is 1.33. The maximum Gasteiger partial charge on any atom is 0.417 e. The number of benzene rings is 1. The highest BCUT2D eigenvalue weighted by Crippen LogP contribution is 2.33. The van der Waals surface area contributed by atoms with Gasteiger partial charge in [-0.1, -0.05) is 12.1 Å². The second-order valence-corrected chi connectivity index (χ2v) is 3.07. The van der Waals surface area contributed by atoms with Gasteiger partial charge in [0.05, 0.1) is 11.1 Å². The van der Waals surface area contributed by atoms with Crippen LogP contribution in [0.3, 0.4) is 0 Å². The van der Waals surface area contributed by atoms with Gasteiger partial charge in [0.2, 0.25) is 0 Å². The normalized spacial score (nSPS) is 11.3. The van der Waals surface area contributed by atoms with Gasteiger partial charge in [0, 0.05) is 7.05 Å². The van der Waals surface area contributed by atoms with Crippen molar-refractivity contribution in [3.05, 3.63) is 34.9 Å². The van der Waals surface area contributed by atoms with Gasteiger partial charge in [0.25, 0.3) is 5.91 Å². The van der Waals surface area contributed by atoms with E-state index in [2.05, 4.69) is 5.32 Å². The minimum atomic E-state index is -4.51. The number of carbonyl (C=O) groups excluding carboxylic acids is 1. The molecule has 0 aliphatic rings. The first kappa shape index (κ1) is 11.6. The Hall–Kier alpha value is -1.52. The molecule has 0 heterocycles. The number of amides is 1. The highest BCUT2D eigenvalue weighted by Gasteiger charge is 2.35. The molecule has 0 saturated heterocycles. The van der Waals surface area contributed by atoms with E-state index in [1.165, 1.54) is 26.1 Å². The van der Waals surface area contributed by atoms with Gasteiger partial charge in [0.1, 0.15) is 0 Å². The molecule has 0 saturated carbocycles. The molecule has 5 heteroatoms. The quantitative estimate of drug-likeness (QED) is 0.768. The lowest BCUT2D eigenvalue weighted by atomic mass is 10.0. The van der Waals surface area contributed by atoms with Crippen LogP contribution in [0.4, 0.5) is 13.2 Å². The van der Waals surface area contributed by atoms with Crippen LogP contribution in [0.2, 0.25) is 0 Å². The lowest BCUT2D eigenvalue weighted by Gasteiger charge is -2.13. The lowest BCUT2D eigenvalue weighted by molar-refractivity contribution is -0.138. The van der Waals surface area contributed by atoms with Gasteiger partial charge in [-0.15, -0.1) is 0 Å². The molecule has 0 aliphatic carbocycles. The van der Waals surface area contributed by atoms with Crippen molar-refractivity contribution in [3.63, 3.8) is 0 Å². The summed E-state index contributed by atoms with van der Waals surface area (Å²) in [7, 11) is 1.30. The van der Waals surface area contributed by atoms with Crippen molar-refractivity contribution in [1.82, 2.24) is 5.32 Å². The van der Waals surface area contributed by atoms with Crippen molar-refractivity contribution in [2.45, 2.75) is 13.1 Å². The van der Waals surface area contributed by atoms with Gasteiger partial charge < -0.3 is 5.32 Å². The third kappa shape index (κ3) is 2.29. The minimum absolute atomic E-state index is 0.309. The van der Waals surface area contributed by atoms with Crippen LogP contribution >= 0.6 is 0 Å². The second kappa shape index (κ2) is 3.92. The molecule has 1 rings (SSSR count). The third-order valence-corrected chi connectivity index (χ3v) is 2.03. The molecule has 0 spiro atoms. The summed E-state index contributed by atoms with van der Waals surface area (Å²) in [6.45, 7) is 1.47. The van der Waals surface area contributed by atoms with Gasteiger partial charge >= 0.3 is 6.18 Å². The summed E-state index contributed by atoms with van der Waals surface area (Å²) < 4.78 is 37.6. The predicted molar refractivity (Wildman–Crippen MR) is 49.6 cm³/mol. The van der Waals surface area contributed by atoms with Crippen molar-refractivity contribution in [3.8, 4) is 0 Å². The minimum Gasteiger partial charge on any atom is -0.355 e. The van der Waals surface area contributed by atoms with E-state index in [9.17, 15) is 18.0 Å². The van der Waals surface area contributed by atoms with Crippen molar-refractivity contribution in [2.75, 3.05) is 7.05 Å². The van der Waals surface area contributed by atoms with Gasteiger partial charge in [-0.3, -0.25) is 4.79 Å².